The van der Waals surface area contributed by atoms with E-state index in [2.05, 4.69) is 25.9 Å². The quantitative estimate of drug-likeness (QED) is 0.653. The van der Waals surface area contributed by atoms with Crippen molar-refractivity contribution in [1.29, 1.82) is 0 Å². The number of fused-ring (bicyclic) bond motifs is 1. The van der Waals surface area contributed by atoms with Gasteiger partial charge in [0.05, 0.1) is 14.2 Å². The van der Waals surface area contributed by atoms with Gasteiger partial charge in [-0.25, -0.2) is 9.50 Å². The Hall–Kier alpha value is -3.69. The maximum absolute atomic E-state index is 12.2. The number of carbonyl (C=O) groups excluding carboxylic acids is 2. The summed E-state index contributed by atoms with van der Waals surface area (Å²) in [5, 5.41) is 4.10. The first-order chi connectivity index (χ1) is 12.9. The highest BCUT2D eigenvalue weighted by Gasteiger charge is 2.17. The maximum atomic E-state index is 12.2. The Morgan fingerprint density at radius 1 is 0.963 bits per heavy atom. The smallest absolute Gasteiger partial charge is 0.309 e. The number of nitrogens with zero attached hydrogens (tertiary/aromatic N) is 4. The molecule has 2 amide bonds. The van der Waals surface area contributed by atoms with Gasteiger partial charge in [-0.15, -0.1) is 5.10 Å². The number of amides is 2. The molecule has 1 aromatic carbocycles. The lowest BCUT2D eigenvalue weighted by Gasteiger charge is -2.10. The molecular formula is C17H18N6O4. The summed E-state index contributed by atoms with van der Waals surface area (Å²) in [7, 11) is 2.96. The third-order valence-electron chi connectivity index (χ3n) is 3.76. The van der Waals surface area contributed by atoms with Crippen LogP contribution in [0.15, 0.2) is 24.3 Å². The van der Waals surface area contributed by atoms with E-state index in [4.69, 9.17) is 9.47 Å². The first-order valence-corrected chi connectivity index (χ1v) is 7.96. The van der Waals surface area contributed by atoms with Crippen LogP contribution in [0.4, 0.5) is 0 Å². The average molecular weight is 370 g/mol. The minimum Gasteiger partial charge on any atom is -0.493 e. The average Bonchev–Trinajstić information content (AvgIpc) is 3.09. The third-order valence-corrected chi connectivity index (χ3v) is 3.76. The van der Waals surface area contributed by atoms with Crippen molar-refractivity contribution < 1.29 is 19.1 Å². The minimum absolute atomic E-state index is 0.108. The summed E-state index contributed by atoms with van der Waals surface area (Å²) in [6, 6.07) is 6.46. The standard InChI is InChI=1S/C17H18N6O4/c1-9-7-10(2)23-17(18-9)19-14(22-23)16(25)21-20-15(24)11-5-6-12(26-3)13(8-11)27-4/h5-8H,1-4H3,(H,20,24)(H,21,25). The highest BCUT2D eigenvalue weighted by atomic mass is 16.5. The molecule has 0 fully saturated rings. The molecule has 0 spiro atoms. The van der Waals surface area contributed by atoms with Crippen molar-refractivity contribution in [2.24, 2.45) is 0 Å². The summed E-state index contributed by atoms with van der Waals surface area (Å²) in [4.78, 5) is 32.8. The molecule has 0 radical (unpaired) electrons. The Labute approximate surface area is 154 Å². The molecule has 140 valence electrons. The van der Waals surface area contributed by atoms with Crippen LogP contribution in [0.2, 0.25) is 0 Å². The topological polar surface area (TPSA) is 120 Å². The summed E-state index contributed by atoms with van der Waals surface area (Å²) < 4.78 is 11.7. The number of carbonyl (C=O) groups is 2. The number of rotatable bonds is 4. The molecule has 2 aromatic heterocycles. The van der Waals surface area contributed by atoms with E-state index >= 15 is 0 Å². The molecule has 0 aliphatic rings. The molecule has 2 N–H and O–H groups in total. The van der Waals surface area contributed by atoms with E-state index in [1.165, 1.54) is 24.8 Å². The fourth-order valence-electron chi connectivity index (χ4n) is 2.48. The molecule has 10 nitrogen and oxygen atoms in total. The van der Waals surface area contributed by atoms with E-state index in [0.29, 0.717) is 17.3 Å². The Morgan fingerprint density at radius 2 is 1.67 bits per heavy atom. The zero-order valence-corrected chi connectivity index (χ0v) is 15.2. The van der Waals surface area contributed by atoms with Gasteiger partial charge < -0.3 is 9.47 Å². The number of hydrogen-bond donors (Lipinski definition) is 2. The van der Waals surface area contributed by atoms with Crippen LogP contribution in [-0.2, 0) is 0 Å². The number of methoxy groups -OCH3 is 2. The summed E-state index contributed by atoms with van der Waals surface area (Å²) in [6.45, 7) is 3.65. The molecule has 3 rings (SSSR count). The monoisotopic (exact) mass is 370 g/mol. The number of nitrogens with one attached hydrogen (secondary N) is 2. The van der Waals surface area contributed by atoms with E-state index < -0.39 is 11.8 Å². The van der Waals surface area contributed by atoms with E-state index in [9.17, 15) is 9.59 Å². The predicted octanol–water partition coefficient (Wildman–Crippen LogP) is 0.833. The molecule has 0 aliphatic heterocycles. The van der Waals surface area contributed by atoms with Gasteiger partial charge in [0.2, 0.25) is 5.82 Å². The lowest BCUT2D eigenvalue weighted by atomic mass is 10.2. The molecule has 10 heteroatoms. The van der Waals surface area contributed by atoms with Crippen LogP contribution in [0, 0.1) is 13.8 Å². The number of aromatic nitrogens is 4. The number of ether oxygens (including phenoxy) is 2. The van der Waals surface area contributed by atoms with Crippen LogP contribution in [0.5, 0.6) is 11.5 Å². The van der Waals surface area contributed by atoms with Gasteiger partial charge in [0, 0.05) is 17.0 Å². The van der Waals surface area contributed by atoms with Crippen LogP contribution in [0.25, 0.3) is 5.78 Å². The number of benzene rings is 1. The zero-order chi connectivity index (χ0) is 19.6. The van der Waals surface area contributed by atoms with Crippen molar-refractivity contribution in [2.75, 3.05) is 14.2 Å². The van der Waals surface area contributed by atoms with Gasteiger partial charge >= 0.3 is 5.91 Å². The molecule has 27 heavy (non-hydrogen) atoms. The first kappa shape index (κ1) is 18.1. The predicted molar refractivity (Wildman–Crippen MR) is 94.7 cm³/mol. The van der Waals surface area contributed by atoms with Gasteiger partial charge in [-0.2, -0.15) is 4.98 Å². The van der Waals surface area contributed by atoms with E-state index in [1.54, 1.807) is 12.1 Å². The number of aryl methyl sites for hydroxylation is 2. The maximum Gasteiger partial charge on any atom is 0.309 e. The van der Waals surface area contributed by atoms with Crippen LogP contribution < -0.4 is 20.3 Å². The lowest BCUT2D eigenvalue weighted by molar-refractivity contribution is 0.0841. The Morgan fingerprint density at radius 3 is 2.37 bits per heavy atom. The van der Waals surface area contributed by atoms with E-state index in [1.807, 2.05) is 19.9 Å². The van der Waals surface area contributed by atoms with Crippen molar-refractivity contribution in [3.05, 3.63) is 47.0 Å². The van der Waals surface area contributed by atoms with Gasteiger partial charge in [0.25, 0.3) is 11.7 Å². The van der Waals surface area contributed by atoms with Gasteiger partial charge in [-0.05, 0) is 38.1 Å². The highest BCUT2D eigenvalue weighted by molar-refractivity contribution is 5.98. The molecule has 0 saturated heterocycles. The molecule has 0 bridgehead atoms. The molecule has 0 atom stereocenters. The fraction of sp³-hybridized carbons (Fsp3) is 0.235. The van der Waals surface area contributed by atoms with Crippen molar-refractivity contribution in [1.82, 2.24) is 30.4 Å². The van der Waals surface area contributed by atoms with E-state index in [-0.39, 0.29) is 11.4 Å². The molecule has 0 aliphatic carbocycles. The van der Waals surface area contributed by atoms with Crippen LogP contribution in [-0.4, -0.2) is 45.6 Å². The minimum atomic E-state index is -0.661. The summed E-state index contributed by atoms with van der Waals surface area (Å²) >= 11 is 0. The first-order valence-electron chi connectivity index (χ1n) is 7.96. The highest BCUT2D eigenvalue weighted by Crippen LogP contribution is 2.27. The molecule has 3 aromatic rings. The second-order valence-corrected chi connectivity index (χ2v) is 5.66. The van der Waals surface area contributed by atoms with Crippen molar-refractivity contribution in [3.63, 3.8) is 0 Å². The third kappa shape index (κ3) is 3.64. The Kier molecular flexibility index (Phi) is 4.88. The van der Waals surface area contributed by atoms with E-state index in [0.717, 1.165) is 11.4 Å². The van der Waals surface area contributed by atoms with Gasteiger partial charge in [0.1, 0.15) is 0 Å². The molecule has 0 unspecified atom stereocenters. The number of hydrazine groups is 1. The Bertz CT molecular complexity index is 1030. The Balaban J connectivity index is 1.72. The second-order valence-electron chi connectivity index (χ2n) is 5.66. The summed E-state index contributed by atoms with van der Waals surface area (Å²) in [5.41, 5.74) is 6.43. The molecule has 2 heterocycles. The zero-order valence-electron chi connectivity index (χ0n) is 15.2. The van der Waals surface area contributed by atoms with Crippen LogP contribution in [0.3, 0.4) is 0 Å². The lowest BCUT2D eigenvalue weighted by Crippen LogP contribution is -2.42. The van der Waals surface area contributed by atoms with Crippen LogP contribution >= 0.6 is 0 Å². The molecule has 0 saturated carbocycles. The normalized spacial score (nSPS) is 10.5. The molecular weight excluding hydrogens is 352 g/mol. The van der Waals surface area contributed by atoms with Crippen molar-refractivity contribution >= 4 is 17.6 Å². The van der Waals surface area contributed by atoms with Gasteiger partial charge in [0.15, 0.2) is 11.5 Å². The number of hydrogen-bond acceptors (Lipinski definition) is 7. The SMILES string of the molecule is COc1ccc(C(=O)NNC(=O)c2nc3nc(C)cc(C)n3n2)cc1OC. The van der Waals surface area contributed by atoms with Gasteiger partial charge in [-0.1, -0.05) is 0 Å². The van der Waals surface area contributed by atoms with Crippen molar-refractivity contribution in [3.8, 4) is 11.5 Å². The van der Waals surface area contributed by atoms with Crippen molar-refractivity contribution in [2.45, 2.75) is 13.8 Å². The largest absolute Gasteiger partial charge is 0.493 e. The fourth-order valence-corrected chi connectivity index (χ4v) is 2.48. The van der Waals surface area contributed by atoms with Crippen LogP contribution in [0.1, 0.15) is 32.4 Å². The summed E-state index contributed by atoms with van der Waals surface area (Å²) in [5.74, 6) is -0.0992. The summed E-state index contributed by atoms with van der Waals surface area (Å²) in [6.07, 6.45) is 0. The second kappa shape index (κ2) is 7.28. The van der Waals surface area contributed by atoms with Gasteiger partial charge in [-0.3, -0.25) is 20.4 Å².